The average Bonchev–Trinajstić information content (AvgIpc) is 2.15. The Balaban J connectivity index is 2.69. The van der Waals surface area contributed by atoms with Crippen molar-refractivity contribution in [3.05, 3.63) is 30.6 Å². The van der Waals surface area contributed by atoms with Gasteiger partial charge in [0.2, 0.25) is 0 Å². The summed E-state index contributed by atoms with van der Waals surface area (Å²) in [5.74, 6) is 1.39. The standard InChI is InChI=1S/C11H15NO/c1-4-10-7-12-6-5-11(10)13-8-9(2)3/h4-7,9H,1,8H2,2-3H3. The fourth-order valence-electron chi connectivity index (χ4n) is 0.935. The largest absolute Gasteiger partial charge is 0.493 e. The van der Waals surface area contributed by atoms with Crippen LogP contribution in [0.3, 0.4) is 0 Å². The van der Waals surface area contributed by atoms with Crippen LogP contribution in [0.4, 0.5) is 0 Å². The predicted octanol–water partition coefficient (Wildman–Crippen LogP) is 2.76. The van der Waals surface area contributed by atoms with Gasteiger partial charge in [0.25, 0.3) is 0 Å². The van der Waals surface area contributed by atoms with Crippen molar-refractivity contribution in [3.63, 3.8) is 0 Å². The summed E-state index contributed by atoms with van der Waals surface area (Å²) in [6.45, 7) is 8.67. The van der Waals surface area contributed by atoms with E-state index in [4.69, 9.17) is 4.74 Å². The molecule has 0 aliphatic carbocycles. The van der Waals surface area contributed by atoms with Crippen LogP contribution in [0.25, 0.3) is 6.08 Å². The van der Waals surface area contributed by atoms with E-state index in [1.54, 1.807) is 18.5 Å². The fourth-order valence-corrected chi connectivity index (χ4v) is 0.935. The molecule has 70 valence electrons. The number of nitrogens with zero attached hydrogens (tertiary/aromatic N) is 1. The summed E-state index contributed by atoms with van der Waals surface area (Å²) >= 11 is 0. The molecule has 2 heteroatoms. The van der Waals surface area contributed by atoms with Crippen molar-refractivity contribution in [3.8, 4) is 5.75 Å². The molecule has 0 aliphatic heterocycles. The highest BCUT2D eigenvalue weighted by Crippen LogP contribution is 2.17. The molecule has 13 heavy (non-hydrogen) atoms. The Labute approximate surface area is 79.3 Å². The molecule has 0 N–H and O–H groups in total. The van der Waals surface area contributed by atoms with Gasteiger partial charge in [-0.1, -0.05) is 26.5 Å². The van der Waals surface area contributed by atoms with Gasteiger partial charge in [-0.25, -0.2) is 0 Å². The molecule has 0 fully saturated rings. The van der Waals surface area contributed by atoms with E-state index >= 15 is 0 Å². The maximum absolute atomic E-state index is 5.58. The van der Waals surface area contributed by atoms with Gasteiger partial charge in [-0.3, -0.25) is 4.98 Å². The number of pyridine rings is 1. The monoisotopic (exact) mass is 177 g/mol. The number of hydrogen-bond acceptors (Lipinski definition) is 2. The van der Waals surface area contributed by atoms with Crippen molar-refractivity contribution < 1.29 is 4.74 Å². The van der Waals surface area contributed by atoms with Crippen LogP contribution in [0.5, 0.6) is 5.75 Å². The molecule has 0 aliphatic rings. The zero-order valence-electron chi connectivity index (χ0n) is 8.16. The summed E-state index contributed by atoms with van der Waals surface area (Å²) in [6.07, 6.45) is 5.23. The van der Waals surface area contributed by atoms with Crippen LogP contribution >= 0.6 is 0 Å². The van der Waals surface area contributed by atoms with E-state index in [0.29, 0.717) is 5.92 Å². The van der Waals surface area contributed by atoms with Crippen LogP contribution in [0, 0.1) is 5.92 Å². The molecular formula is C11H15NO. The molecule has 0 radical (unpaired) electrons. The van der Waals surface area contributed by atoms with Crippen LogP contribution in [0.15, 0.2) is 25.0 Å². The average molecular weight is 177 g/mol. The zero-order chi connectivity index (χ0) is 9.68. The first kappa shape index (κ1) is 9.78. The van der Waals surface area contributed by atoms with E-state index in [0.717, 1.165) is 17.9 Å². The molecule has 1 aromatic heterocycles. The van der Waals surface area contributed by atoms with Crippen LogP contribution < -0.4 is 4.74 Å². The highest BCUT2D eigenvalue weighted by molar-refractivity contribution is 5.53. The Bertz CT molecular complexity index is 281. The normalized spacial score (nSPS) is 10.1. The molecule has 0 saturated heterocycles. The maximum Gasteiger partial charge on any atom is 0.129 e. The molecule has 0 atom stereocenters. The molecule has 0 aromatic carbocycles. The van der Waals surface area contributed by atoms with Crippen molar-refractivity contribution in [2.45, 2.75) is 13.8 Å². The van der Waals surface area contributed by atoms with Crippen LogP contribution in [-0.4, -0.2) is 11.6 Å². The zero-order valence-corrected chi connectivity index (χ0v) is 8.16. The van der Waals surface area contributed by atoms with Gasteiger partial charge in [0.1, 0.15) is 5.75 Å². The van der Waals surface area contributed by atoms with Crippen LogP contribution in [0.2, 0.25) is 0 Å². The summed E-state index contributed by atoms with van der Waals surface area (Å²) in [5.41, 5.74) is 0.947. The third kappa shape index (κ3) is 2.90. The first-order chi connectivity index (χ1) is 6.24. The maximum atomic E-state index is 5.58. The minimum atomic E-state index is 0.533. The topological polar surface area (TPSA) is 22.1 Å². The summed E-state index contributed by atoms with van der Waals surface area (Å²) in [7, 11) is 0. The second-order valence-corrected chi connectivity index (χ2v) is 3.32. The van der Waals surface area contributed by atoms with E-state index in [1.165, 1.54) is 0 Å². The second kappa shape index (κ2) is 4.65. The summed E-state index contributed by atoms with van der Waals surface area (Å²) in [5, 5.41) is 0. The number of aromatic nitrogens is 1. The third-order valence-corrected chi connectivity index (χ3v) is 1.60. The fraction of sp³-hybridized carbons (Fsp3) is 0.364. The summed E-state index contributed by atoms with van der Waals surface area (Å²) in [6, 6.07) is 1.86. The molecule has 1 rings (SSSR count). The van der Waals surface area contributed by atoms with Crippen molar-refractivity contribution in [1.82, 2.24) is 4.98 Å². The Morgan fingerprint density at radius 2 is 2.38 bits per heavy atom. The van der Waals surface area contributed by atoms with Gasteiger partial charge in [0.15, 0.2) is 0 Å². The quantitative estimate of drug-likeness (QED) is 0.705. The van der Waals surface area contributed by atoms with Gasteiger partial charge in [0, 0.05) is 18.0 Å². The van der Waals surface area contributed by atoms with Crippen molar-refractivity contribution in [2.75, 3.05) is 6.61 Å². The number of ether oxygens (including phenoxy) is 1. The third-order valence-electron chi connectivity index (χ3n) is 1.60. The summed E-state index contributed by atoms with van der Waals surface area (Å²) in [4.78, 5) is 3.99. The Morgan fingerprint density at radius 3 is 3.00 bits per heavy atom. The first-order valence-electron chi connectivity index (χ1n) is 4.43. The van der Waals surface area contributed by atoms with Gasteiger partial charge < -0.3 is 4.74 Å². The lowest BCUT2D eigenvalue weighted by Crippen LogP contribution is -2.05. The molecular weight excluding hydrogens is 162 g/mol. The van der Waals surface area contributed by atoms with Crippen molar-refractivity contribution in [1.29, 1.82) is 0 Å². The smallest absolute Gasteiger partial charge is 0.129 e. The first-order valence-corrected chi connectivity index (χ1v) is 4.43. The molecule has 1 heterocycles. The molecule has 0 unspecified atom stereocenters. The van der Waals surface area contributed by atoms with Crippen LogP contribution in [0.1, 0.15) is 19.4 Å². The molecule has 2 nitrogen and oxygen atoms in total. The van der Waals surface area contributed by atoms with E-state index in [9.17, 15) is 0 Å². The minimum Gasteiger partial charge on any atom is -0.493 e. The van der Waals surface area contributed by atoms with Crippen LogP contribution in [-0.2, 0) is 0 Å². The minimum absolute atomic E-state index is 0.533. The Hall–Kier alpha value is -1.31. The van der Waals surface area contributed by atoms with Gasteiger partial charge in [0.05, 0.1) is 6.61 Å². The van der Waals surface area contributed by atoms with Crippen molar-refractivity contribution >= 4 is 6.08 Å². The lowest BCUT2D eigenvalue weighted by atomic mass is 10.2. The Morgan fingerprint density at radius 1 is 1.62 bits per heavy atom. The van der Waals surface area contributed by atoms with Gasteiger partial charge in [-0.2, -0.15) is 0 Å². The highest BCUT2D eigenvalue weighted by atomic mass is 16.5. The van der Waals surface area contributed by atoms with Crippen molar-refractivity contribution in [2.24, 2.45) is 5.92 Å². The molecule has 1 aromatic rings. The van der Waals surface area contributed by atoms with E-state index in [1.807, 2.05) is 6.07 Å². The molecule has 0 spiro atoms. The second-order valence-electron chi connectivity index (χ2n) is 3.32. The molecule has 0 amide bonds. The van der Waals surface area contributed by atoms with E-state index in [2.05, 4.69) is 25.4 Å². The summed E-state index contributed by atoms with van der Waals surface area (Å²) < 4.78 is 5.58. The molecule has 0 bridgehead atoms. The highest BCUT2D eigenvalue weighted by Gasteiger charge is 2.00. The lowest BCUT2D eigenvalue weighted by molar-refractivity contribution is 0.270. The molecule has 0 saturated carbocycles. The SMILES string of the molecule is C=Cc1cnccc1OCC(C)C. The lowest BCUT2D eigenvalue weighted by Gasteiger charge is -2.10. The van der Waals surface area contributed by atoms with Gasteiger partial charge >= 0.3 is 0 Å². The number of rotatable bonds is 4. The predicted molar refractivity (Wildman–Crippen MR) is 54.7 cm³/mol. The number of hydrogen-bond donors (Lipinski definition) is 0. The Kier molecular flexibility index (Phi) is 3.50. The van der Waals surface area contributed by atoms with Gasteiger partial charge in [-0.15, -0.1) is 0 Å². The van der Waals surface area contributed by atoms with Gasteiger partial charge in [-0.05, 0) is 12.0 Å². The van der Waals surface area contributed by atoms with E-state index < -0.39 is 0 Å². The van der Waals surface area contributed by atoms with E-state index in [-0.39, 0.29) is 0 Å².